The van der Waals surface area contributed by atoms with Gasteiger partial charge in [-0.2, -0.15) is 5.10 Å². The van der Waals surface area contributed by atoms with Crippen molar-refractivity contribution in [2.45, 2.75) is 31.8 Å². The molecule has 2 aliphatic heterocycles. The molecule has 0 aromatic carbocycles. The van der Waals surface area contributed by atoms with Gasteiger partial charge >= 0.3 is 0 Å². The molecule has 2 aliphatic rings. The van der Waals surface area contributed by atoms with E-state index in [1.807, 2.05) is 28.9 Å². The van der Waals surface area contributed by atoms with Crippen molar-refractivity contribution in [3.63, 3.8) is 0 Å². The lowest BCUT2D eigenvalue weighted by Crippen LogP contribution is -2.53. The van der Waals surface area contributed by atoms with E-state index in [4.69, 9.17) is 4.74 Å². The maximum Gasteiger partial charge on any atom is 0.240 e. The molecule has 2 saturated heterocycles. The van der Waals surface area contributed by atoms with Gasteiger partial charge in [0, 0.05) is 32.9 Å². The third kappa shape index (κ3) is 3.44. The molecule has 21 heavy (non-hydrogen) atoms. The second kappa shape index (κ2) is 6.58. The second-order valence-electron chi connectivity index (χ2n) is 5.90. The highest BCUT2D eigenvalue weighted by Crippen LogP contribution is 2.21. The summed E-state index contributed by atoms with van der Waals surface area (Å²) in [6, 6.07) is 2.05. The molecule has 0 bridgehead atoms. The number of carbonyl (C=O) groups is 1. The van der Waals surface area contributed by atoms with Gasteiger partial charge in [0.25, 0.3) is 0 Å². The number of carbonyl (C=O) groups excluding carboxylic acids is 1. The summed E-state index contributed by atoms with van der Waals surface area (Å²) in [5.41, 5.74) is 1.04. The average Bonchev–Trinajstić information content (AvgIpc) is 2.93. The van der Waals surface area contributed by atoms with Crippen LogP contribution in [0.25, 0.3) is 0 Å². The van der Waals surface area contributed by atoms with Gasteiger partial charge in [-0.1, -0.05) is 6.42 Å². The van der Waals surface area contributed by atoms with Crippen LogP contribution in [-0.2, 0) is 23.1 Å². The van der Waals surface area contributed by atoms with E-state index in [1.54, 1.807) is 0 Å². The number of amides is 1. The topological polar surface area (TPSA) is 50.6 Å². The first kappa shape index (κ1) is 14.5. The van der Waals surface area contributed by atoms with Crippen molar-refractivity contribution in [3.05, 3.63) is 18.0 Å². The molecular weight excluding hydrogens is 268 g/mol. The number of hydrogen-bond donors (Lipinski definition) is 0. The van der Waals surface area contributed by atoms with Gasteiger partial charge in [-0.05, 0) is 25.5 Å². The molecule has 0 radical (unpaired) electrons. The van der Waals surface area contributed by atoms with Crippen molar-refractivity contribution in [1.82, 2.24) is 19.6 Å². The minimum absolute atomic E-state index is 0.0128. The molecule has 0 spiro atoms. The van der Waals surface area contributed by atoms with E-state index in [1.165, 1.54) is 6.42 Å². The van der Waals surface area contributed by atoms with Gasteiger partial charge in [-0.25, -0.2) is 0 Å². The number of hydrogen-bond acceptors (Lipinski definition) is 4. The van der Waals surface area contributed by atoms with Gasteiger partial charge in [-0.3, -0.25) is 14.4 Å². The molecule has 116 valence electrons. The van der Waals surface area contributed by atoms with Crippen molar-refractivity contribution in [2.75, 3.05) is 32.8 Å². The summed E-state index contributed by atoms with van der Waals surface area (Å²) in [6.07, 6.45) is 5.22. The highest BCUT2D eigenvalue weighted by Gasteiger charge is 2.32. The van der Waals surface area contributed by atoms with Crippen LogP contribution in [0.3, 0.4) is 0 Å². The zero-order valence-corrected chi connectivity index (χ0v) is 12.7. The Kier molecular flexibility index (Phi) is 4.55. The average molecular weight is 292 g/mol. The lowest BCUT2D eigenvalue weighted by atomic mass is 10.0. The first-order valence-electron chi connectivity index (χ1n) is 7.83. The summed E-state index contributed by atoms with van der Waals surface area (Å²) in [6.45, 7) is 4.54. The molecule has 0 N–H and O–H groups in total. The Hall–Kier alpha value is -1.40. The molecule has 1 unspecified atom stereocenters. The van der Waals surface area contributed by atoms with Crippen LogP contribution >= 0.6 is 0 Å². The van der Waals surface area contributed by atoms with Crippen molar-refractivity contribution in [2.24, 2.45) is 7.05 Å². The Morgan fingerprint density at radius 3 is 2.86 bits per heavy atom. The van der Waals surface area contributed by atoms with Gasteiger partial charge < -0.3 is 9.64 Å². The summed E-state index contributed by atoms with van der Waals surface area (Å²) in [7, 11) is 1.93. The monoisotopic (exact) mass is 292 g/mol. The molecule has 0 saturated carbocycles. The van der Waals surface area contributed by atoms with Gasteiger partial charge in [0.1, 0.15) is 0 Å². The largest absolute Gasteiger partial charge is 0.378 e. The van der Waals surface area contributed by atoms with Crippen LogP contribution in [0.2, 0.25) is 0 Å². The molecule has 1 aromatic heterocycles. The van der Waals surface area contributed by atoms with Crippen LogP contribution in [0.15, 0.2) is 12.3 Å². The molecule has 6 heteroatoms. The summed E-state index contributed by atoms with van der Waals surface area (Å²) < 4.78 is 7.16. The lowest BCUT2D eigenvalue weighted by Gasteiger charge is -2.38. The smallest absolute Gasteiger partial charge is 0.240 e. The van der Waals surface area contributed by atoms with Crippen molar-refractivity contribution in [1.29, 1.82) is 0 Å². The quantitative estimate of drug-likeness (QED) is 0.820. The summed E-state index contributed by atoms with van der Waals surface area (Å²) in [5.74, 6) is 0.272. The molecule has 1 amide bonds. The number of aromatic nitrogens is 2. The van der Waals surface area contributed by atoms with Crippen LogP contribution in [0, 0.1) is 0 Å². The molecule has 6 nitrogen and oxygen atoms in total. The van der Waals surface area contributed by atoms with E-state index in [9.17, 15) is 4.79 Å². The van der Waals surface area contributed by atoms with E-state index < -0.39 is 0 Å². The predicted molar refractivity (Wildman–Crippen MR) is 78.7 cm³/mol. The fourth-order valence-corrected chi connectivity index (χ4v) is 3.21. The highest BCUT2D eigenvalue weighted by molar-refractivity contribution is 5.82. The Morgan fingerprint density at radius 2 is 2.14 bits per heavy atom. The SMILES string of the molecule is Cn1ccc(CN2CCCCC2C(=O)N2CCOCC2)n1. The van der Waals surface area contributed by atoms with Gasteiger partial charge in [0.2, 0.25) is 5.91 Å². The Bertz CT molecular complexity index is 482. The highest BCUT2D eigenvalue weighted by atomic mass is 16.5. The number of aryl methyl sites for hydroxylation is 1. The number of nitrogens with zero attached hydrogens (tertiary/aromatic N) is 4. The van der Waals surface area contributed by atoms with E-state index in [0.29, 0.717) is 13.2 Å². The van der Waals surface area contributed by atoms with Gasteiger partial charge in [0.05, 0.1) is 24.9 Å². The van der Waals surface area contributed by atoms with Crippen LogP contribution in [0.4, 0.5) is 0 Å². The molecule has 2 fully saturated rings. The fourth-order valence-electron chi connectivity index (χ4n) is 3.21. The molecule has 1 atom stereocenters. The molecule has 1 aromatic rings. The van der Waals surface area contributed by atoms with E-state index >= 15 is 0 Å². The standard InChI is InChI=1S/C15H24N4O2/c1-17-7-5-13(16-17)12-19-6-3-2-4-14(19)15(20)18-8-10-21-11-9-18/h5,7,14H,2-4,6,8-12H2,1H3. The third-order valence-corrected chi connectivity index (χ3v) is 4.36. The van der Waals surface area contributed by atoms with Crippen LogP contribution < -0.4 is 0 Å². The minimum Gasteiger partial charge on any atom is -0.378 e. The normalized spacial score (nSPS) is 24.2. The first-order valence-corrected chi connectivity index (χ1v) is 7.83. The first-order chi connectivity index (χ1) is 10.2. The van der Waals surface area contributed by atoms with E-state index in [-0.39, 0.29) is 11.9 Å². The van der Waals surface area contributed by atoms with Crippen molar-refractivity contribution >= 4 is 5.91 Å². The van der Waals surface area contributed by atoms with Crippen molar-refractivity contribution < 1.29 is 9.53 Å². The predicted octanol–water partition coefficient (Wildman–Crippen LogP) is 0.633. The maximum absolute atomic E-state index is 12.8. The molecule has 3 heterocycles. The maximum atomic E-state index is 12.8. The fraction of sp³-hybridized carbons (Fsp3) is 0.733. The Labute approximate surface area is 125 Å². The number of ether oxygens (including phenoxy) is 1. The molecular formula is C15H24N4O2. The Balaban J connectivity index is 1.67. The van der Waals surface area contributed by atoms with E-state index in [2.05, 4.69) is 10.00 Å². The van der Waals surface area contributed by atoms with Crippen LogP contribution in [0.1, 0.15) is 25.0 Å². The minimum atomic E-state index is 0.0128. The van der Waals surface area contributed by atoms with Crippen molar-refractivity contribution in [3.8, 4) is 0 Å². The van der Waals surface area contributed by atoms with Gasteiger partial charge in [-0.15, -0.1) is 0 Å². The molecule has 3 rings (SSSR count). The van der Waals surface area contributed by atoms with E-state index in [0.717, 1.165) is 44.7 Å². The zero-order chi connectivity index (χ0) is 14.7. The number of likely N-dealkylation sites (tertiary alicyclic amines) is 1. The third-order valence-electron chi connectivity index (χ3n) is 4.36. The number of morpholine rings is 1. The summed E-state index contributed by atoms with van der Waals surface area (Å²) in [5, 5.41) is 4.44. The lowest BCUT2D eigenvalue weighted by molar-refractivity contribution is -0.142. The zero-order valence-electron chi connectivity index (χ0n) is 12.7. The molecule has 0 aliphatic carbocycles. The van der Waals surface area contributed by atoms with Crippen LogP contribution in [-0.4, -0.2) is 64.4 Å². The number of rotatable bonds is 3. The summed E-state index contributed by atoms with van der Waals surface area (Å²) >= 11 is 0. The van der Waals surface area contributed by atoms with Gasteiger partial charge in [0.15, 0.2) is 0 Å². The number of piperidine rings is 1. The Morgan fingerprint density at radius 1 is 1.33 bits per heavy atom. The van der Waals surface area contributed by atoms with Crippen LogP contribution in [0.5, 0.6) is 0 Å². The summed E-state index contributed by atoms with van der Waals surface area (Å²) in [4.78, 5) is 17.0. The second-order valence-corrected chi connectivity index (χ2v) is 5.90.